The Bertz CT molecular complexity index is 627. The highest BCUT2D eigenvalue weighted by atomic mass is 35.5. The number of rotatable bonds is 3. The van der Waals surface area contributed by atoms with Gasteiger partial charge in [-0.2, -0.15) is 11.8 Å². The summed E-state index contributed by atoms with van der Waals surface area (Å²) in [6.07, 6.45) is 3.28. The zero-order chi connectivity index (χ0) is 16.6. The number of carbonyl (C=O) groups excluding carboxylic acids is 1. The molecule has 1 aromatic carbocycles. The minimum atomic E-state index is 0.170. The van der Waals surface area contributed by atoms with Gasteiger partial charge in [-0.1, -0.05) is 11.6 Å². The number of piperidine rings is 1. The van der Waals surface area contributed by atoms with E-state index in [1.807, 2.05) is 30.0 Å². The molecule has 4 rings (SSSR count). The highest BCUT2D eigenvalue weighted by Gasteiger charge is 2.57. The van der Waals surface area contributed by atoms with Gasteiger partial charge in [0.1, 0.15) is 0 Å². The van der Waals surface area contributed by atoms with E-state index in [1.165, 1.54) is 0 Å². The number of anilines is 2. The van der Waals surface area contributed by atoms with Gasteiger partial charge >= 0.3 is 0 Å². The van der Waals surface area contributed by atoms with Crippen LogP contribution in [0.5, 0.6) is 0 Å². The van der Waals surface area contributed by atoms with Crippen molar-refractivity contribution in [1.82, 2.24) is 5.32 Å². The second kappa shape index (κ2) is 6.77. The molecule has 6 heteroatoms. The minimum Gasteiger partial charge on any atom is -0.368 e. The van der Waals surface area contributed by atoms with Gasteiger partial charge in [0.15, 0.2) is 0 Å². The van der Waals surface area contributed by atoms with Gasteiger partial charge in [0.2, 0.25) is 5.91 Å². The average Bonchev–Trinajstić information content (AvgIpc) is 3.29. The number of hydrogen-bond donors (Lipinski definition) is 2. The Hall–Kier alpha value is -0.910. The van der Waals surface area contributed by atoms with Gasteiger partial charge < -0.3 is 15.5 Å². The first-order chi connectivity index (χ1) is 11.7. The maximum Gasteiger partial charge on any atom is 0.228 e. The zero-order valence-corrected chi connectivity index (χ0v) is 15.4. The molecule has 1 unspecified atom stereocenters. The van der Waals surface area contributed by atoms with Gasteiger partial charge in [0.05, 0.1) is 11.4 Å². The monoisotopic (exact) mass is 365 g/mol. The third-order valence-corrected chi connectivity index (χ3v) is 6.85. The summed E-state index contributed by atoms with van der Waals surface area (Å²) in [6.45, 7) is 4.12. The average molecular weight is 366 g/mol. The van der Waals surface area contributed by atoms with Crippen molar-refractivity contribution in [1.29, 1.82) is 0 Å². The van der Waals surface area contributed by atoms with Gasteiger partial charge in [0, 0.05) is 35.5 Å². The second-order valence-corrected chi connectivity index (χ2v) is 8.78. The van der Waals surface area contributed by atoms with Crippen molar-refractivity contribution in [3.8, 4) is 0 Å². The molecule has 1 saturated carbocycles. The molecule has 2 N–H and O–H groups in total. The van der Waals surface area contributed by atoms with Crippen LogP contribution in [0.1, 0.15) is 19.3 Å². The van der Waals surface area contributed by atoms with Crippen molar-refractivity contribution >= 4 is 40.6 Å². The van der Waals surface area contributed by atoms with E-state index in [0.717, 1.165) is 68.3 Å². The summed E-state index contributed by atoms with van der Waals surface area (Å²) < 4.78 is 0. The number of halogens is 1. The molecule has 2 saturated heterocycles. The number of carbonyl (C=O) groups is 1. The predicted octanol–water partition coefficient (Wildman–Crippen LogP) is 3.22. The summed E-state index contributed by atoms with van der Waals surface area (Å²) in [5.41, 5.74) is 2.24. The molecule has 1 aromatic rings. The van der Waals surface area contributed by atoms with Gasteiger partial charge in [-0.15, -0.1) is 0 Å². The molecule has 2 heterocycles. The topological polar surface area (TPSA) is 44.4 Å². The Labute approximate surface area is 152 Å². The summed E-state index contributed by atoms with van der Waals surface area (Å²) in [7, 11) is 0. The first-order valence-electron chi connectivity index (χ1n) is 8.82. The Kier molecular flexibility index (Phi) is 4.67. The van der Waals surface area contributed by atoms with Crippen LogP contribution in [0.3, 0.4) is 0 Å². The molecule has 1 spiro atoms. The van der Waals surface area contributed by atoms with Crippen LogP contribution >= 0.6 is 23.4 Å². The lowest BCUT2D eigenvalue weighted by Crippen LogP contribution is -2.34. The van der Waals surface area contributed by atoms with Crippen LogP contribution in [-0.2, 0) is 4.79 Å². The van der Waals surface area contributed by atoms with Crippen LogP contribution < -0.4 is 15.5 Å². The fourth-order valence-corrected chi connectivity index (χ4v) is 5.18. The van der Waals surface area contributed by atoms with Crippen LogP contribution in [0.4, 0.5) is 11.4 Å². The molecule has 0 aromatic heterocycles. The van der Waals surface area contributed by atoms with Crippen molar-refractivity contribution < 1.29 is 4.79 Å². The molecule has 0 radical (unpaired) electrons. The molecule has 4 nitrogen and oxygen atoms in total. The highest BCUT2D eigenvalue weighted by Crippen LogP contribution is 2.58. The Morgan fingerprint density at radius 1 is 1.29 bits per heavy atom. The Morgan fingerprint density at radius 3 is 2.79 bits per heavy atom. The van der Waals surface area contributed by atoms with Gasteiger partial charge in [-0.25, -0.2) is 0 Å². The van der Waals surface area contributed by atoms with E-state index < -0.39 is 0 Å². The van der Waals surface area contributed by atoms with Crippen LogP contribution in [0.15, 0.2) is 18.2 Å². The van der Waals surface area contributed by atoms with E-state index in [2.05, 4.69) is 15.5 Å². The maximum atomic E-state index is 12.8. The van der Waals surface area contributed by atoms with Crippen molar-refractivity contribution in [3.63, 3.8) is 0 Å². The van der Waals surface area contributed by atoms with Gasteiger partial charge in [-0.3, -0.25) is 4.79 Å². The second-order valence-electron chi connectivity index (χ2n) is 7.12. The molecule has 130 valence electrons. The smallest absolute Gasteiger partial charge is 0.228 e. The third-order valence-electron chi connectivity index (χ3n) is 5.67. The number of amides is 1. The standard InChI is InChI=1S/C18H24ClN3OS/c19-13-1-2-16(22-7-9-24-10-8-22)15(11-13)21-17(23)14-12-18(14)3-5-20-6-4-18/h1-2,11,14,20H,3-10,12H2,(H,21,23). The minimum absolute atomic E-state index is 0.170. The maximum absolute atomic E-state index is 12.8. The molecule has 3 fully saturated rings. The summed E-state index contributed by atoms with van der Waals surface area (Å²) >= 11 is 8.18. The number of nitrogens with zero attached hydrogens (tertiary/aromatic N) is 1. The van der Waals surface area contributed by atoms with Crippen molar-refractivity contribution in [2.45, 2.75) is 19.3 Å². The third kappa shape index (κ3) is 3.26. The summed E-state index contributed by atoms with van der Waals surface area (Å²) in [5, 5.41) is 7.26. The SMILES string of the molecule is O=C(Nc1cc(Cl)ccc1N1CCSCC1)C1CC12CCNCC2. The molecule has 0 bridgehead atoms. The lowest BCUT2D eigenvalue weighted by molar-refractivity contribution is -0.118. The van der Waals surface area contributed by atoms with Crippen LogP contribution in [0.2, 0.25) is 5.02 Å². The lowest BCUT2D eigenvalue weighted by Gasteiger charge is -2.30. The number of nitrogens with one attached hydrogen (secondary N) is 2. The van der Waals surface area contributed by atoms with E-state index in [-0.39, 0.29) is 17.2 Å². The Balaban J connectivity index is 1.49. The predicted molar refractivity (Wildman–Crippen MR) is 102 cm³/mol. The quantitative estimate of drug-likeness (QED) is 0.863. The first kappa shape index (κ1) is 16.6. The normalized spacial score (nSPS) is 25.5. The fraction of sp³-hybridized carbons (Fsp3) is 0.611. The molecule has 3 aliphatic rings. The van der Waals surface area contributed by atoms with E-state index >= 15 is 0 Å². The van der Waals surface area contributed by atoms with Crippen LogP contribution in [0.25, 0.3) is 0 Å². The summed E-state index contributed by atoms with van der Waals surface area (Å²) in [6, 6.07) is 5.86. The van der Waals surface area contributed by atoms with Crippen molar-refractivity contribution in [2.24, 2.45) is 11.3 Å². The molecule has 1 aliphatic carbocycles. The largest absolute Gasteiger partial charge is 0.368 e. The zero-order valence-electron chi connectivity index (χ0n) is 13.8. The molecule has 1 amide bonds. The summed E-state index contributed by atoms with van der Waals surface area (Å²) in [5.74, 6) is 2.61. The Morgan fingerprint density at radius 2 is 2.04 bits per heavy atom. The van der Waals surface area contributed by atoms with Crippen molar-refractivity contribution in [3.05, 3.63) is 23.2 Å². The molecular weight excluding hydrogens is 342 g/mol. The molecule has 1 atom stereocenters. The summed E-state index contributed by atoms with van der Waals surface area (Å²) in [4.78, 5) is 15.2. The fourth-order valence-electron chi connectivity index (χ4n) is 4.10. The highest BCUT2D eigenvalue weighted by molar-refractivity contribution is 7.99. The first-order valence-corrected chi connectivity index (χ1v) is 10.4. The molecular formula is C18H24ClN3OS. The van der Waals surface area contributed by atoms with Crippen LogP contribution in [0, 0.1) is 11.3 Å². The van der Waals surface area contributed by atoms with Gasteiger partial charge in [0.25, 0.3) is 0 Å². The van der Waals surface area contributed by atoms with E-state index in [4.69, 9.17) is 11.6 Å². The number of thioether (sulfide) groups is 1. The van der Waals surface area contributed by atoms with Gasteiger partial charge in [-0.05, 0) is 56.0 Å². The van der Waals surface area contributed by atoms with E-state index in [1.54, 1.807) is 0 Å². The van der Waals surface area contributed by atoms with E-state index in [0.29, 0.717) is 5.02 Å². The number of benzene rings is 1. The lowest BCUT2D eigenvalue weighted by atomic mass is 9.92. The number of hydrogen-bond acceptors (Lipinski definition) is 4. The van der Waals surface area contributed by atoms with Crippen LogP contribution in [-0.4, -0.2) is 43.6 Å². The van der Waals surface area contributed by atoms with E-state index in [9.17, 15) is 4.79 Å². The van der Waals surface area contributed by atoms with Crippen molar-refractivity contribution in [2.75, 3.05) is 47.9 Å². The molecule has 2 aliphatic heterocycles. The molecule has 24 heavy (non-hydrogen) atoms.